The molecule has 1 aromatic carbocycles. The number of carbonyl (C=O) groups is 1. The Morgan fingerprint density at radius 3 is 2.69 bits per heavy atom. The topological polar surface area (TPSA) is 64.4 Å². The van der Waals surface area contributed by atoms with Gasteiger partial charge in [-0.25, -0.2) is 4.39 Å². The van der Waals surface area contributed by atoms with E-state index in [1.807, 2.05) is 0 Å². The number of halogens is 1. The van der Waals surface area contributed by atoms with Crippen molar-refractivity contribution < 1.29 is 13.9 Å². The van der Waals surface area contributed by atoms with Crippen molar-refractivity contribution in [1.29, 1.82) is 0 Å². The average molecular weight is 226 g/mol. The van der Waals surface area contributed by atoms with Crippen LogP contribution in [-0.2, 0) is 4.79 Å². The fourth-order valence-corrected chi connectivity index (χ4v) is 1.03. The SMILES string of the molecule is C[C@H](N)C(=O)NCCOc1ccc(F)cc1. The Balaban J connectivity index is 2.21. The third-order valence-electron chi connectivity index (χ3n) is 1.90. The number of amides is 1. The van der Waals surface area contributed by atoms with Gasteiger partial charge in [-0.05, 0) is 31.2 Å². The maximum Gasteiger partial charge on any atom is 0.236 e. The van der Waals surface area contributed by atoms with Crippen LogP contribution in [0.1, 0.15) is 6.92 Å². The molecule has 88 valence electrons. The zero-order valence-electron chi connectivity index (χ0n) is 9.07. The first-order valence-corrected chi connectivity index (χ1v) is 5.01. The van der Waals surface area contributed by atoms with Crippen LogP contribution in [0.15, 0.2) is 24.3 Å². The average Bonchev–Trinajstić information content (AvgIpc) is 2.26. The Morgan fingerprint density at radius 1 is 1.50 bits per heavy atom. The quantitative estimate of drug-likeness (QED) is 0.725. The maximum atomic E-state index is 12.5. The first kappa shape index (κ1) is 12.4. The Kier molecular flexibility index (Phi) is 4.72. The summed E-state index contributed by atoms with van der Waals surface area (Å²) < 4.78 is 17.8. The van der Waals surface area contributed by atoms with Gasteiger partial charge in [0.1, 0.15) is 18.2 Å². The molecule has 0 saturated carbocycles. The standard InChI is InChI=1S/C11H15FN2O2/c1-8(13)11(15)14-6-7-16-10-4-2-9(12)3-5-10/h2-5,8H,6-7,13H2,1H3,(H,14,15)/t8-/m0/s1. The summed E-state index contributed by atoms with van der Waals surface area (Å²) in [5.41, 5.74) is 5.35. The zero-order chi connectivity index (χ0) is 12.0. The number of nitrogens with one attached hydrogen (secondary N) is 1. The minimum atomic E-state index is -0.522. The minimum absolute atomic E-state index is 0.220. The summed E-state index contributed by atoms with van der Waals surface area (Å²) in [5.74, 6) is 0.0387. The molecule has 4 nitrogen and oxygen atoms in total. The predicted octanol–water partition coefficient (Wildman–Crippen LogP) is 0.668. The van der Waals surface area contributed by atoms with Gasteiger partial charge < -0.3 is 15.8 Å². The lowest BCUT2D eigenvalue weighted by Crippen LogP contribution is -2.40. The van der Waals surface area contributed by atoms with Crippen molar-refractivity contribution in [3.63, 3.8) is 0 Å². The summed E-state index contributed by atoms with van der Waals surface area (Å²) in [5, 5.41) is 2.60. The maximum absolute atomic E-state index is 12.5. The van der Waals surface area contributed by atoms with E-state index < -0.39 is 6.04 Å². The molecule has 0 aromatic heterocycles. The van der Waals surface area contributed by atoms with Gasteiger partial charge in [0.15, 0.2) is 0 Å². The van der Waals surface area contributed by atoms with Crippen LogP contribution in [0.2, 0.25) is 0 Å². The molecule has 0 saturated heterocycles. The highest BCUT2D eigenvalue weighted by Gasteiger charge is 2.05. The van der Waals surface area contributed by atoms with Gasteiger partial charge in [0, 0.05) is 0 Å². The van der Waals surface area contributed by atoms with Crippen LogP contribution >= 0.6 is 0 Å². The minimum Gasteiger partial charge on any atom is -0.492 e. The van der Waals surface area contributed by atoms with Crippen molar-refractivity contribution in [2.75, 3.05) is 13.2 Å². The van der Waals surface area contributed by atoms with E-state index in [0.29, 0.717) is 18.9 Å². The van der Waals surface area contributed by atoms with E-state index in [1.165, 1.54) is 24.3 Å². The van der Waals surface area contributed by atoms with Crippen LogP contribution in [0, 0.1) is 5.82 Å². The lowest BCUT2D eigenvalue weighted by molar-refractivity contribution is -0.122. The highest BCUT2D eigenvalue weighted by Crippen LogP contribution is 2.10. The largest absolute Gasteiger partial charge is 0.492 e. The molecule has 1 rings (SSSR count). The molecule has 0 radical (unpaired) electrons. The molecular weight excluding hydrogens is 211 g/mol. The third kappa shape index (κ3) is 4.27. The summed E-state index contributed by atoms with van der Waals surface area (Å²) in [6, 6.07) is 5.17. The molecule has 1 aromatic rings. The predicted molar refractivity (Wildman–Crippen MR) is 58.6 cm³/mol. The summed E-state index contributed by atoms with van der Waals surface area (Å²) in [6.45, 7) is 2.30. The molecular formula is C11H15FN2O2. The number of hydrogen-bond acceptors (Lipinski definition) is 3. The number of rotatable bonds is 5. The van der Waals surface area contributed by atoms with E-state index in [1.54, 1.807) is 6.92 Å². The van der Waals surface area contributed by atoms with Gasteiger partial charge in [-0.2, -0.15) is 0 Å². The lowest BCUT2D eigenvalue weighted by atomic mass is 10.3. The number of ether oxygens (including phenoxy) is 1. The number of nitrogens with two attached hydrogens (primary N) is 1. The Labute approximate surface area is 93.6 Å². The Hall–Kier alpha value is -1.62. The van der Waals surface area contributed by atoms with Gasteiger partial charge in [0.25, 0.3) is 0 Å². The van der Waals surface area contributed by atoms with Crippen LogP contribution in [0.3, 0.4) is 0 Å². The molecule has 1 amide bonds. The summed E-state index contributed by atoms with van der Waals surface area (Å²) in [7, 11) is 0. The first-order chi connectivity index (χ1) is 7.59. The molecule has 3 N–H and O–H groups in total. The summed E-state index contributed by atoms with van der Waals surface area (Å²) >= 11 is 0. The van der Waals surface area contributed by atoms with Crippen molar-refractivity contribution in [3.05, 3.63) is 30.1 Å². The molecule has 0 heterocycles. The van der Waals surface area contributed by atoms with Crippen molar-refractivity contribution >= 4 is 5.91 Å². The fourth-order valence-electron chi connectivity index (χ4n) is 1.03. The number of benzene rings is 1. The summed E-state index contributed by atoms with van der Waals surface area (Å²) in [6.07, 6.45) is 0. The molecule has 1 atom stereocenters. The van der Waals surface area contributed by atoms with E-state index in [0.717, 1.165) is 0 Å². The van der Waals surface area contributed by atoms with Crippen molar-refractivity contribution in [1.82, 2.24) is 5.32 Å². The van der Waals surface area contributed by atoms with Crippen LogP contribution in [-0.4, -0.2) is 25.1 Å². The highest BCUT2D eigenvalue weighted by molar-refractivity contribution is 5.80. The van der Waals surface area contributed by atoms with Crippen LogP contribution in [0.25, 0.3) is 0 Å². The van der Waals surface area contributed by atoms with Crippen LogP contribution in [0.5, 0.6) is 5.75 Å². The van der Waals surface area contributed by atoms with Crippen molar-refractivity contribution in [2.45, 2.75) is 13.0 Å². The third-order valence-corrected chi connectivity index (χ3v) is 1.90. The lowest BCUT2D eigenvalue weighted by Gasteiger charge is -2.09. The first-order valence-electron chi connectivity index (χ1n) is 5.01. The molecule has 0 fully saturated rings. The van der Waals surface area contributed by atoms with E-state index in [-0.39, 0.29) is 11.7 Å². The van der Waals surface area contributed by atoms with Gasteiger partial charge in [0.2, 0.25) is 5.91 Å². The van der Waals surface area contributed by atoms with Crippen LogP contribution in [0.4, 0.5) is 4.39 Å². The Bertz CT molecular complexity index is 338. The molecule has 5 heteroatoms. The van der Waals surface area contributed by atoms with Gasteiger partial charge in [-0.1, -0.05) is 0 Å². The van der Waals surface area contributed by atoms with Gasteiger partial charge in [-0.3, -0.25) is 4.79 Å². The van der Waals surface area contributed by atoms with E-state index in [9.17, 15) is 9.18 Å². The highest BCUT2D eigenvalue weighted by atomic mass is 19.1. The molecule has 0 unspecified atom stereocenters. The second-order valence-electron chi connectivity index (χ2n) is 3.38. The molecule has 0 aliphatic rings. The smallest absolute Gasteiger partial charge is 0.236 e. The molecule has 16 heavy (non-hydrogen) atoms. The monoisotopic (exact) mass is 226 g/mol. The number of carbonyl (C=O) groups excluding carboxylic acids is 1. The number of hydrogen-bond donors (Lipinski definition) is 2. The molecule has 0 aliphatic heterocycles. The normalized spacial score (nSPS) is 11.9. The van der Waals surface area contributed by atoms with Gasteiger partial charge in [-0.15, -0.1) is 0 Å². The molecule has 0 spiro atoms. The second kappa shape index (κ2) is 6.07. The van der Waals surface area contributed by atoms with Crippen LogP contribution < -0.4 is 15.8 Å². The van der Waals surface area contributed by atoms with E-state index in [4.69, 9.17) is 10.5 Å². The molecule has 0 bridgehead atoms. The van der Waals surface area contributed by atoms with Gasteiger partial charge in [0.05, 0.1) is 12.6 Å². The van der Waals surface area contributed by atoms with Crippen molar-refractivity contribution in [3.8, 4) is 5.75 Å². The van der Waals surface area contributed by atoms with Gasteiger partial charge >= 0.3 is 0 Å². The van der Waals surface area contributed by atoms with E-state index >= 15 is 0 Å². The van der Waals surface area contributed by atoms with Crippen molar-refractivity contribution in [2.24, 2.45) is 5.73 Å². The summed E-state index contributed by atoms with van der Waals surface area (Å²) in [4.78, 5) is 11.1. The second-order valence-corrected chi connectivity index (χ2v) is 3.38. The van der Waals surface area contributed by atoms with E-state index in [2.05, 4.69) is 5.32 Å². The molecule has 0 aliphatic carbocycles. The fraction of sp³-hybridized carbons (Fsp3) is 0.364. The Morgan fingerprint density at radius 2 is 2.12 bits per heavy atom. The zero-order valence-corrected chi connectivity index (χ0v) is 9.07.